The highest BCUT2D eigenvalue weighted by molar-refractivity contribution is 6.30. The average Bonchev–Trinajstić information content (AvgIpc) is 2.77. The highest BCUT2D eigenvalue weighted by Crippen LogP contribution is 2.27. The van der Waals surface area contributed by atoms with E-state index >= 15 is 0 Å². The van der Waals surface area contributed by atoms with Crippen LogP contribution in [0.2, 0.25) is 5.02 Å². The molecule has 0 aliphatic carbocycles. The van der Waals surface area contributed by atoms with Crippen molar-refractivity contribution in [2.75, 3.05) is 40.9 Å². The zero-order chi connectivity index (χ0) is 21.4. The molecule has 0 spiro atoms. The lowest BCUT2D eigenvalue weighted by atomic mass is 10.0. The van der Waals surface area contributed by atoms with Crippen LogP contribution in [0.5, 0.6) is 5.75 Å². The molecule has 0 aromatic heterocycles. The minimum absolute atomic E-state index is 0.0925. The Labute approximate surface area is 185 Å². The lowest BCUT2D eigenvalue weighted by Crippen LogP contribution is -2.44. The van der Waals surface area contributed by atoms with E-state index < -0.39 is 0 Å². The van der Waals surface area contributed by atoms with Gasteiger partial charge in [-0.3, -0.25) is 0 Å². The molecule has 1 unspecified atom stereocenters. The zero-order valence-corrected chi connectivity index (χ0v) is 18.8. The second-order valence-corrected chi connectivity index (χ2v) is 8.63. The molecule has 0 heterocycles. The molecule has 3 rings (SSSR count). The van der Waals surface area contributed by atoms with Gasteiger partial charge in [0.2, 0.25) is 0 Å². The number of methoxy groups -OCH3 is 1. The molecule has 30 heavy (non-hydrogen) atoms. The molecule has 0 bridgehead atoms. The minimum Gasteiger partial charge on any atom is -0.497 e. The van der Waals surface area contributed by atoms with Crippen molar-refractivity contribution in [3.05, 3.63) is 101 Å². The standard InChI is InChI=1S/C26H31ClNO2/c1-28(2,18-17-21-9-15-25(29-3)16-10-21)19-20-30-26(22-7-5-4-6-8-22)23-11-13-24(27)14-12-23/h4-16,26H,17-20H2,1-3H3/q+1. The molecule has 0 saturated heterocycles. The SMILES string of the molecule is COc1ccc(CC[N+](C)(C)CCOC(c2ccccc2)c2ccc(Cl)cc2)cc1. The first-order valence-corrected chi connectivity index (χ1v) is 10.7. The van der Waals surface area contributed by atoms with Crippen molar-refractivity contribution in [2.24, 2.45) is 0 Å². The quantitative estimate of drug-likeness (QED) is 0.384. The Kier molecular flexibility index (Phi) is 7.92. The van der Waals surface area contributed by atoms with Crippen LogP contribution in [0, 0.1) is 0 Å². The summed E-state index contributed by atoms with van der Waals surface area (Å²) in [6.45, 7) is 2.66. The number of halogens is 1. The maximum absolute atomic E-state index is 6.40. The summed E-state index contributed by atoms with van der Waals surface area (Å²) in [4.78, 5) is 0. The van der Waals surface area contributed by atoms with Crippen molar-refractivity contribution in [2.45, 2.75) is 12.5 Å². The lowest BCUT2D eigenvalue weighted by Gasteiger charge is -2.31. The molecule has 0 N–H and O–H groups in total. The topological polar surface area (TPSA) is 18.5 Å². The first kappa shape index (κ1) is 22.4. The summed E-state index contributed by atoms with van der Waals surface area (Å²) in [6, 6.07) is 26.6. The van der Waals surface area contributed by atoms with E-state index in [1.54, 1.807) is 7.11 Å². The fraction of sp³-hybridized carbons (Fsp3) is 0.308. The molecule has 3 nitrogen and oxygen atoms in total. The smallest absolute Gasteiger partial charge is 0.118 e. The fourth-order valence-corrected chi connectivity index (χ4v) is 3.53. The molecular formula is C26H31ClNO2+. The summed E-state index contributed by atoms with van der Waals surface area (Å²) < 4.78 is 12.5. The molecule has 0 saturated carbocycles. The summed E-state index contributed by atoms with van der Waals surface area (Å²) in [6.07, 6.45) is 0.932. The third kappa shape index (κ3) is 6.60. The largest absolute Gasteiger partial charge is 0.497 e. The van der Waals surface area contributed by atoms with Crippen LogP contribution in [0.15, 0.2) is 78.9 Å². The second kappa shape index (κ2) is 10.6. The maximum Gasteiger partial charge on any atom is 0.118 e. The Morgan fingerprint density at radius 3 is 2.07 bits per heavy atom. The summed E-state index contributed by atoms with van der Waals surface area (Å²) in [5.74, 6) is 0.898. The average molecular weight is 425 g/mol. The minimum atomic E-state index is -0.0925. The highest BCUT2D eigenvalue weighted by Gasteiger charge is 2.19. The van der Waals surface area contributed by atoms with E-state index in [-0.39, 0.29) is 6.10 Å². The van der Waals surface area contributed by atoms with Gasteiger partial charge in [-0.25, -0.2) is 0 Å². The number of likely N-dealkylation sites (N-methyl/N-ethyl adjacent to an activating group) is 1. The molecule has 158 valence electrons. The van der Waals surface area contributed by atoms with Gasteiger partial charge in [-0.15, -0.1) is 0 Å². The second-order valence-electron chi connectivity index (χ2n) is 8.19. The van der Waals surface area contributed by atoms with E-state index in [2.05, 4.69) is 50.5 Å². The predicted octanol–water partition coefficient (Wildman–Crippen LogP) is 5.77. The van der Waals surface area contributed by atoms with Gasteiger partial charge in [0.15, 0.2) is 0 Å². The third-order valence-corrected chi connectivity index (χ3v) is 5.67. The lowest BCUT2D eigenvalue weighted by molar-refractivity contribution is -0.890. The first-order chi connectivity index (χ1) is 14.5. The third-order valence-electron chi connectivity index (χ3n) is 5.42. The Morgan fingerprint density at radius 2 is 1.43 bits per heavy atom. The van der Waals surface area contributed by atoms with Crippen LogP contribution in [0.25, 0.3) is 0 Å². The van der Waals surface area contributed by atoms with E-state index in [1.807, 2.05) is 42.5 Å². The Hall–Kier alpha value is -2.33. The summed E-state index contributed by atoms with van der Waals surface area (Å²) >= 11 is 6.08. The molecular weight excluding hydrogens is 394 g/mol. The molecule has 0 aliphatic heterocycles. The Bertz CT molecular complexity index is 893. The van der Waals surface area contributed by atoms with Gasteiger partial charge in [0, 0.05) is 11.4 Å². The molecule has 0 radical (unpaired) electrons. The monoisotopic (exact) mass is 424 g/mol. The molecule has 0 amide bonds. The molecule has 4 heteroatoms. The van der Waals surface area contributed by atoms with Crippen molar-refractivity contribution in [3.63, 3.8) is 0 Å². The number of hydrogen-bond donors (Lipinski definition) is 0. The highest BCUT2D eigenvalue weighted by atomic mass is 35.5. The van der Waals surface area contributed by atoms with Crippen LogP contribution in [0.4, 0.5) is 0 Å². The van der Waals surface area contributed by atoms with Crippen LogP contribution in [-0.2, 0) is 11.2 Å². The number of quaternary nitrogens is 1. The summed E-state index contributed by atoms with van der Waals surface area (Å²) in [7, 11) is 6.21. The van der Waals surface area contributed by atoms with Gasteiger partial charge >= 0.3 is 0 Å². The zero-order valence-electron chi connectivity index (χ0n) is 18.1. The number of hydrogen-bond acceptors (Lipinski definition) is 2. The predicted molar refractivity (Wildman–Crippen MR) is 124 cm³/mol. The molecule has 3 aromatic carbocycles. The number of rotatable bonds is 10. The fourth-order valence-electron chi connectivity index (χ4n) is 3.40. The van der Waals surface area contributed by atoms with Crippen molar-refractivity contribution < 1.29 is 14.0 Å². The van der Waals surface area contributed by atoms with Gasteiger partial charge in [-0.05, 0) is 41.0 Å². The van der Waals surface area contributed by atoms with Gasteiger partial charge in [0.25, 0.3) is 0 Å². The van der Waals surface area contributed by atoms with Crippen molar-refractivity contribution in [3.8, 4) is 5.75 Å². The van der Waals surface area contributed by atoms with E-state index in [4.69, 9.17) is 21.1 Å². The molecule has 1 atom stereocenters. The number of benzene rings is 3. The van der Waals surface area contributed by atoms with Crippen molar-refractivity contribution >= 4 is 11.6 Å². The van der Waals surface area contributed by atoms with Gasteiger partial charge < -0.3 is 14.0 Å². The van der Waals surface area contributed by atoms with Crippen LogP contribution in [-0.4, -0.2) is 45.4 Å². The van der Waals surface area contributed by atoms with E-state index in [1.165, 1.54) is 5.56 Å². The normalized spacial score (nSPS) is 12.5. The van der Waals surface area contributed by atoms with Gasteiger partial charge in [-0.1, -0.05) is 66.2 Å². The van der Waals surface area contributed by atoms with Crippen LogP contribution in [0.1, 0.15) is 22.8 Å². The Balaban J connectivity index is 1.58. The van der Waals surface area contributed by atoms with E-state index in [0.29, 0.717) is 6.61 Å². The van der Waals surface area contributed by atoms with Crippen LogP contribution in [0.3, 0.4) is 0 Å². The Morgan fingerprint density at radius 1 is 0.800 bits per heavy atom. The molecule has 3 aromatic rings. The van der Waals surface area contributed by atoms with Gasteiger partial charge in [0.1, 0.15) is 18.4 Å². The maximum atomic E-state index is 6.40. The van der Waals surface area contributed by atoms with Crippen LogP contribution < -0.4 is 4.74 Å². The number of ether oxygens (including phenoxy) is 2. The molecule has 0 fully saturated rings. The number of nitrogens with zero attached hydrogens (tertiary/aromatic N) is 1. The van der Waals surface area contributed by atoms with Crippen molar-refractivity contribution in [1.82, 2.24) is 0 Å². The summed E-state index contributed by atoms with van der Waals surface area (Å²) in [5, 5.41) is 0.738. The van der Waals surface area contributed by atoms with Gasteiger partial charge in [-0.2, -0.15) is 0 Å². The molecule has 0 aliphatic rings. The van der Waals surface area contributed by atoms with Crippen LogP contribution >= 0.6 is 11.6 Å². The van der Waals surface area contributed by atoms with Crippen molar-refractivity contribution in [1.29, 1.82) is 0 Å². The van der Waals surface area contributed by atoms with Gasteiger partial charge in [0.05, 0.1) is 34.4 Å². The van der Waals surface area contributed by atoms with E-state index in [0.717, 1.165) is 45.9 Å². The van der Waals surface area contributed by atoms with E-state index in [9.17, 15) is 0 Å². The summed E-state index contributed by atoms with van der Waals surface area (Å²) in [5.41, 5.74) is 3.60. The first-order valence-electron chi connectivity index (χ1n) is 10.3.